The van der Waals surface area contributed by atoms with Crippen LogP contribution in [0.25, 0.3) is 0 Å². The van der Waals surface area contributed by atoms with Crippen molar-refractivity contribution < 1.29 is 40.2 Å². The molecule has 0 aromatic heterocycles. The number of carbonyl (C=O) groups excluding carboxylic acids is 1. The average molecular weight is 732 g/mol. The van der Waals surface area contributed by atoms with Crippen molar-refractivity contribution in [1.29, 1.82) is 0 Å². The number of hydrogen-bond acceptors (Lipinski definition) is 11. The van der Waals surface area contributed by atoms with Gasteiger partial charge in [0.1, 0.15) is 6.10 Å². The summed E-state index contributed by atoms with van der Waals surface area (Å²) in [4.78, 5) is 19.7. The lowest BCUT2D eigenvalue weighted by Gasteiger charge is -2.65. The van der Waals surface area contributed by atoms with Crippen LogP contribution in [0.5, 0.6) is 0 Å². The highest BCUT2D eigenvalue weighted by atomic mass is 16.5. The Kier molecular flexibility index (Phi) is 10.9. The molecule has 11 nitrogen and oxygen atoms in total. The Balaban J connectivity index is 1.22. The van der Waals surface area contributed by atoms with E-state index in [2.05, 4.69) is 12.2 Å². The van der Waals surface area contributed by atoms with Crippen LogP contribution in [0.15, 0.2) is 4.99 Å². The number of aliphatic hydroxyl groups excluding tert-OH is 4. The standard InChI is InChI=1S/C41H69N3O8/c1-22(45)19-44-34-33-27(40(15-11-24-9-10-32(42)43-20-24)18-30(47)29(46)17-28(40)35(34)48)12-14-38(3)31(13-16-41(33,38)51)39(4,50)37(49)36-23(2)26(21-52-36)25-7-5-6-8-25/h22-33,36-37,43,45-47,49-51H,5-21,42H2,1-4H3. The minimum absolute atomic E-state index is 0.0179. The quantitative estimate of drug-likeness (QED) is 0.175. The Morgan fingerprint density at radius 1 is 1.08 bits per heavy atom. The van der Waals surface area contributed by atoms with E-state index < -0.39 is 70.3 Å². The Hall–Kier alpha value is -1.02. The predicted molar refractivity (Wildman–Crippen MR) is 197 cm³/mol. The lowest BCUT2D eigenvalue weighted by molar-refractivity contribution is -0.224. The molecule has 0 aromatic rings. The van der Waals surface area contributed by atoms with Crippen LogP contribution in [0.2, 0.25) is 0 Å². The number of ether oxygens (including phenoxy) is 1. The zero-order chi connectivity index (χ0) is 37.4. The zero-order valence-electron chi connectivity index (χ0n) is 32.1. The third-order valence-electron chi connectivity index (χ3n) is 16.7. The van der Waals surface area contributed by atoms with E-state index in [1.807, 2.05) is 6.92 Å². The lowest BCUT2D eigenvalue weighted by atomic mass is 9.40. The largest absolute Gasteiger partial charge is 0.391 e. The van der Waals surface area contributed by atoms with E-state index in [0.29, 0.717) is 62.2 Å². The van der Waals surface area contributed by atoms with Gasteiger partial charge in [0.05, 0.1) is 60.6 Å². The van der Waals surface area contributed by atoms with Gasteiger partial charge in [-0.1, -0.05) is 39.5 Å². The summed E-state index contributed by atoms with van der Waals surface area (Å²) in [6.45, 7) is 8.96. The second-order valence-electron chi connectivity index (χ2n) is 19.4. The van der Waals surface area contributed by atoms with Gasteiger partial charge in [-0.15, -0.1) is 0 Å². The summed E-state index contributed by atoms with van der Waals surface area (Å²) in [7, 11) is 0. The summed E-state index contributed by atoms with van der Waals surface area (Å²) in [5.41, 5.74) is 1.93. The first-order chi connectivity index (χ1) is 24.5. The molecule has 0 bridgehead atoms. The summed E-state index contributed by atoms with van der Waals surface area (Å²) in [5, 5.41) is 74.0. The third kappa shape index (κ3) is 6.28. The topological polar surface area (TPSA) is 198 Å². The Labute approximate surface area is 310 Å². The lowest BCUT2D eigenvalue weighted by Crippen LogP contribution is -2.70. The van der Waals surface area contributed by atoms with Crippen LogP contribution in [0.3, 0.4) is 0 Å². The third-order valence-corrected chi connectivity index (χ3v) is 16.7. The van der Waals surface area contributed by atoms with Crippen molar-refractivity contribution in [3.63, 3.8) is 0 Å². The van der Waals surface area contributed by atoms with E-state index in [9.17, 15) is 35.4 Å². The molecule has 5 aliphatic carbocycles. The number of fused-ring (bicyclic) bond motifs is 5. The van der Waals surface area contributed by atoms with Crippen LogP contribution in [0.4, 0.5) is 0 Å². The van der Waals surface area contributed by atoms with Crippen LogP contribution < -0.4 is 11.1 Å². The van der Waals surface area contributed by atoms with E-state index in [1.54, 1.807) is 13.8 Å². The number of piperidine rings is 1. The van der Waals surface area contributed by atoms with Crippen molar-refractivity contribution >= 4 is 11.5 Å². The SMILES string of the molecule is CC(O)CN=C1C(=O)C2CC(O)C(O)CC2(CCC2CCC(N)NC2)C2CCC3(C)C(C(C)(O)C(O)C4OCC(C5CCCC5)C4C)CCC3(O)C12. The molecule has 7 aliphatic rings. The highest BCUT2D eigenvalue weighted by molar-refractivity contribution is 6.42. The van der Waals surface area contributed by atoms with Crippen LogP contribution in [-0.2, 0) is 9.53 Å². The predicted octanol–water partition coefficient (Wildman–Crippen LogP) is 2.70. The first-order valence-electron chi connectivity index (χ1n) is 20.9. The number of aliphatic hydroxyl groups is 6. The van der Waals surface area contributed by atoms with Gasteiger partial charge in [-0.2, -0.15) is 0 Å². The van der Waals surface area contributed by atoms with Gasteiger partial charge in [0, 0.05) is 17.3 Å². The molecule has 17 atom stereocenters. The molecule has 0 amide bonds. The average Bonchev–Trinajstić information content (AvgIpc) is 3.83. The number of ketones is 1. The van der Waals surface area contributed by atoms with Crippen molar-refractivity contribution in [2.75, 3.05) is 19.7 Å². The van der Waals surface area contributed by atoms with Gasteiger partial charge >= 0.3 is 0 Å². The van der Waals surface area contributed by atoms with Crippen LogP contribution in [0.1, 0.15) is 118 Å². The fourth-order valence-corrected chi connectivity index (χ4v) is 13.7. The number of nitrogens with one attached hydrogen (secondary N) is 1. The molecule has 2 saturated heterocycles. The number of nitrogens with zero attached hydrogens (tertiary/aromatic N) is 1. The van der Waals surface area contributed by atoms with E-state index in [0.717, 1.165) is 25.8 Å². The number of nitrogens with two attached hydrogens (primary N) is 1. The Bertz CT molecular complexity index is 1330. The molecule has 0 aromatic carbocycles. The van der Waals surface area contributed by atoms with Gasteiger partial charge in [0.15, 0.2) is 5.78 Å². The number of carbonyl (C=O) groups is 1. The van der Waals surface area contributed by atoms with Gasteiger partial charge in [-0.3, -0.25) is 9.79 Å². The Morgan fingerprint density at radius 2 is 1.81 bits per heavy atom. The van der Waals surface area contributed by atoms with Gasteiger partial charge in [0.25, 0.3) is 0 Å². The highest BCUT2D eigenvalue weighted by Gasteiger charge is 2.74. The van der Waals surface area contributed by atoms with Crippen molar-refractivity contribution in [1.82, 2.24) is 5.32 Å². The molecule has 52 heavy (non-hydrogen) atoms. The van der Waals surface area contributed by atoms with Crippen molar-refractivity contribution in [3.05, 3.63) is 0 Å². The molecular weight excluding hydrogens is 662 g/mol. The van der Waals surface area contributed by atoms with E-state index >= 15 is 0 Å². The summed E-state index contributed by atoms with van der Waals surface area (Å²) < 4.78 is 6.32. The second kappa shape index (κ2) is 14.5. The van der Waals surface area contributed by atoms with Gasteiger partial charge < -0.3 is 46.4 Å². The van der Waals surface area contributed by atoms with Crippen LogP contribution >= 0.6 is 0 Å². The van der Waals surface area contributed by atoms with E-state index in [4.69, 9.17) is 15.5 Å². The molecule has 2 heterocycles. The number of aliphatic imine (C=N–C) groups is 1. The molecule has 17 unspecified atom stereocenters. The number of rotatable bonds is 9. The first kappa shape index (κ1) is 39.2. The molecule has 7 fully saturated rings. The fourth-order valence-electron chi connectivity index (χ4n) is 13.7. The van der Waals surface area contributed by atoms with Crippen LogP contribution in [0, 0.1) is 58.2 Å². The zero-order valence-corrected chi connectivity index (χ0v) is 32.1. The van der Waals surface area contributed by atoms with E-state index in [1.165, 1.54) is 25.7 Å². The molecule has 2 aliphatic heterocycles. The molecule has 0 radical (unpaired) electrons. The molecule has 7 rings (SSSR count). The molecule has 0 spiro atoms. The van der Waals surface area contributed by atoms with Crippen molar-refractivity contribution in [2.45, 2.75) is 165 Å². The summed E-state index contributed by atoms with van der Waals surface area (Å²) in [5.74, 6) is -0.647. The maximum atomic E-state index is 14.9. The van der Waals surface area contributed by atoms with Crippen molar-refractivity contribution in [2.24, 2.45) is 68.9 Å². The normalized spacial score (nSPS) is 50.0. The molecule has 296 valence electrons. The fraction of sp³-hybridized carbons (Fsp3) is 0.951. The van der Waals surface area contributed by atoms with Crippen molar-refractivity contribution in [3.8, 4) is 0 Å². The second-order valence-corrected chi connectivity index (χ2v) is 19.4. The smallest absolute Gasteiger partial charge is 0.180 e. The summed E-state index contributed by atoms with van der Waals surface area (Å²) in [6, 6.07) is 0. The van der Waals surface area contributed by atoms with Gasteiger partial charge in [-0.25, -0.2) is 0 Å². The van der Waals surface area contributed by atoms with Gasteiger partial charge in [0.2, 0.25) is 0 Å². The minimum atomic E-state index is -1.56. The Morgan fingerprint density at radius 3 is 2.48 bits per heavy atom. The minimum Gasteiger partial charge on any atom is -0.391 e. The molecule has 9 N–H and O–H groups in total. The summed E-state index contributed by atoms with van der Waals surface area (Å²) >= 11 is 0. The molecule has 11 heteroatoms. The van der Waals surface area contributed by atoms with E-state index in [-0.39, 0.29) is 43.2 Å². The summed E-state index contributed by atoms with van der Waals surface area (Å²) in [6.07, 6.45) is 6.24. The monoisotopic (exact) mass is 732 g/mol. The maximum absolute atomic E-state index is 14.9. The highest BCUT2D eigenvalue weighted by Crippen LogP contribution is 2.70. The number of hydrogen-bond donors (Lipinski definition) is 8. The molecular formula is C41H69N3O8. The van der Waals surface area contributed by atoms with Crippen LogP contribution in [-0.4, -0.2) is 110 Å². The van der Waals surface area contributed by atoms with Gasteiger partial charge in [-0.05, 0) is 126 Å². The molecule has 5 saturated carbocycles. The first-order valence-corrected chi connectivity index (χ1v) is 20.9. The number of Topliss-reactive ketones (excluding diaryl/α,β-unsaturated/α-hetero) is 1. The maximum Gasteiger partial charge on any atom is 0.180 e.